The lowest BCUT2D eigenvalue weighted by atomic mass is 9.96. The Morgan fingerprint density at radius 1 is 0.370 bits per heavy atom. The van der Waals surface area contributed by atoms with E-state index >= 15 is 0 Å². The van der Waals surface area contributed by atoms with Crippen molar-refractivity contribution in [2.45, 2.75) is 0 Å². The summed E-state index contributed by atoms with van der Waals surface area (Å²) in [5.41, 5.74) is 0. The van der Waals surface area contributed by atoms with Gasteiger partial charge in [-0.25, -0.2) is 0 Å². The van der Waals surface area contributed by atoms with E-state index in [1.807, 2.05) is 12.1 Å². The fourth-order valence-electron chi connectivity index (χ4n) is 4.18. The fourth-order valence-corrected chi connectivity index (χ4v) is 4.42. The number of rotatable bonds is 0. The van der Waals surface area contributed by atoms with Crippen LogP contribution < -0.4 is 0 Å². The second-order valence-corrected chi connectivity index (χ2v) is 7.67. The molecular weight excluding hydrogens is 348 g/mol. The zero-order chi connectivity index (χ0) is 18.0. The summed E-state index contributed by atoms with van der Waals surface area (Å²) >= 11 is 6.41. The lowest BCUT2D eigenvalue weighted by molar-refractivity contribution is 1.78. The first-order chi connectivity index (χ1) is 13.2. The zero-order valence-corrected chi connectivity index (χ0v) is 15.3. The first kappa shape index (κ1) is 15.0. The van der Waals surface area contributed by atoms with Gasteiger partial charge < -0.3 is 0 Å². The first-order valence-electron chi connectivity index (χ1n) is 9.13. The molecule has 6 aromatic carbocycles. The van der Waals surface area contributed by atoms with Crippen LogP contribution in [-0.2, 0) is 0 Å². The van der Waals surface area contributed by atoms with E-state index in [1.54, 1.807) is 0 Å². The maximum Gasteiger partial charge on any atom is 0.0484 e. The molecule has 0 atom stereocenters. The Bertz CT molecular complexity index is 1530. The topological polar surface area (TPSA) is 0 Å². The van der Waals surface area contributed by atoms with Gasteiger partial charge in [0.05, 0.1) is 0 Å². The Hall–Kier alpha value is -3.09. The number of halogens is 1. The van der Waals surface area contributed by atoms with Crippen LogP contribution in [0.3, 0.4) is 0 Å². The highest BCUT2D eigenvalue weighted by atomic mass is 35.5. The Balaban J connectivity index is 1.71. The second-order valence-electron chi connectivity index (χ2n) is 7.26. The Morgan fingerprint density at radius 2 is 0.778 bits per heavy atom. The molecule has 0 aliphatic rings. The van der Waals surface area contributed by atoms with Crippen molar-refractivity contribution in [3.05, 3.63) is 96.0 Å². The lowest BCUT2D eigenvalue weighted by Crippen LogP contribution is -1.82. The molecule has 0 heterocycles. The summed E-state index contributed by atoms with van der Waals surface area (Å²) in [5, 5.41) is 13.2. The molecule has 126 valence electrons. The molecular formula is C26H15Cl. The summed E-state index contributed by atoms with van der Waals surface area (Å²) in [6.07, 6.45) is 0. The van der Waals surface area contributed by atoms with Gasteiger partial charge in [-0.3, -0.25) is 0 Å². The molecule has 6 aromatic rings. The van der Waals surface area contributed by atoms with E-state index in [9.17, 15) is 0 Å². The number of fused-ring (bicyclic) bond motifs is 5. The Kier molecular flexibility index (Phi) is 3.03. The van der Waals surface area contributed by atoms with E-state index in [-0.39, 0.29) is 0 Å². The molecule has 0 aliphatic heterocycles. The van der Waals surface area contributed by atoms with Gasteiger partial charge in [0, 0.05) is 10.4 Å². The molecule has 27 heavy (non-hydrogen) atoms. The first-order valence-corrected chi connectivity index (χ1v) is 9.51. The van der Waals surface area contributed by atoms with Gasteiger partial charge in [-0.15, -0.1) is 0 Å². The van der Waals surface area contributed by atoms with Crippen LogP contribution in [0.2, 0.25) is 5.02 Å². The highest BCUT2D eigenvalue weighted by molar-refractivity contribution is 6.36. The largest absolute Gasteiger partial charge is 0.0837 e. The quantitative estimate of drug-likeness (QED) is 0.239. The average Bonchev–Trinajstić information content (AvgIpc) is 2.68. The maximum absolute atomic E-state index is 6.41. The van der Waals surface area contributed by atoms with Gasteiger partial charge in [-0.2, -0.15) is 0 Å². The molecule has 0 saturated carbocycles. The van der Waals surface area contributed by atoms with Crippen molar-refractivity contribution < 1.29 is 0 Å². The third-order valence-corrected chi connectivity index (χ3v) is 5.89. The van der Waals surface area contributed by atoms with Crippen molar-refractivity contribution in [3.63, 3.8) is 0 Å². The minimum absolute atomic E-state index is 0.805. The van der Waals surface area contributed by atoms with Gasteiger partial charge >= 0.3 is 0 Å². The molecule has 0 radical (unpaired) electrons. The summed E-state index contributed by atoms with van der Waals surface area (Å²) in [5.74, 6) is 0. The zero-order valence-electron chi connectivity index (χ0n) is 14.5. The second kappa shape index (κ2) is 5.45. The van der Waals surface area contributed by atoms with Crippen LogP contribution in [0, 0.1) is 0 Å². The predicted molar refractivity (Wildman–Crippen MR) is 119 cm³/mol. The smallest absolute Gasteiger partial charge is 0.0484 e. The van der Waals surface area contributed by atoms with Gasteiger partial charge in [0.1, 0.15) is 0 Å². The van der Waals surface area contributed by atoms with E-state index in [0.29, 0.717) is 0 Å². The molecule has 0 aliphatic carbocycles. The normalized spacial score (nSPS) is 11.9. The van der Waals surface area contributed by atoms with Crippen LogP contribution in [0.5, 0.6) is 0 Å². The van der Waals surface area contributed by atoms with Gasteiger partial charge in [0.25, 0.3) is 0 Å². The van der Waals surface area contributed by atoms with Crippen LogP contribution >= 0.6 is 11.6 Å². The summed E-state index contributed by atoms with van der Waals surface area (Å²) in [7, 11) is 0. The number of hydrogen-bond donors (Lipinski definition) is 0. The number of hydrogen-bond acceptors (Lipinski definition) is 0. The van der Waals surface area contributed by atoms with E-state index < -0.39 is 0 Å². The summed E-state index contributed by atoms with van der Waals surface area (Å²) < 4.78 is 0. The van der Waals surface area contributed by atoms with E-state index in [1.165, 1.54) is 48.5 Å². The molecule has 0 amide bonds. The Morgan fingerprint density at radius 3 is 1.33 bits per heavy atom. The van der Waals surface area contributed by atoms with Crippen LogP contribution in [0.25, 0.3) is 53.9 Å². The molecule has 0 N–H and O–H groups in total. The molecule has 0 fully saturated rings. The van der Waals surface area contributed by atoms with E-state index in [2.05, 4.69) is 78.9 Å². The average molecular weight is 363 g/mol. The van der Waals surface area contributed by atoms with Crippen LogP contribution in [0.15, 0.2) is 91.0 Å². The minimum Gasteiger partial charge on any atom is -0.0837 e. The van der Waals surface area contributed by atoms with Crippen molar-refractivity contribution in [1.29, 1.82) is 0 Å². The SMILES string of the molecule is Clc1cccc2cc3cc4cc5cc6ccccc6cc5cc4cc3cc12. The minimum atomic E-state index is 0.805. The summed E-state index contributed by atoms with van der Waals surface area (Å²) in [4.78, 5) is 0. The van der Waals surface area contributed by atoms with E-state index in [4.69, 9.17) is 11.6 Å². The van der Waals surface area contributed by atoms with Gasteiger partial charge in [0.15, 0.2) is 0 Å². The maximum atomic E-state index is 6.41. The van der Waals surface area contributed by atoms with Crippen molar-refractivity contribution in [2.24, 2.45) is 0 Å². The molecule has 6 rings (SSSR count). The molecule has 1 heteroatoms. The van der Waals surface area contributed by atoms with E-state index in [0.717, 1.165) is 10.4 Å². The molecule has 0 nitrogen and oxygen atoms in total. The third-order valence-electron chi connectivity index (χ3n) is 5.56. The predicted octanol–water partition coefficient (Wildman–Crippen LogP) is 8.11. The Labute approximate surface area is 161 Å². The molecule has 0 aromatic heterocycles. The van der Waals surface area contributed by atoms with Crippen molar-refractivity contribution in [1.82, 2.24) is 0 Å². The van der Waals surface area contributed by atoms with Crippen LogP contribution in [0.4, 0.5) is 0 Å². The molecule has 0 saturated heterocycles. The highest BCUT2D eigenvalue weighted by Gasteiger charge is 2.06. The molecule has 0 spiro atoms. The number of benzene rings is 6. The standard InChI is InChI=1S/C26H15Cl/c27-26-7-3-6-18-10-21-13-22-11-19-8-16-4-1-2-5-17(16)9-20(19)12-23(22)14-24(21)15-25(18)26/h1-15H. The van der Waals surface area contributed by atoms with Gasteiger partial charge in [0.2, 0.25) is 0 Å². The van der Waals surface area contributed by atoms with Crippen LogP contribution in [-0.4, -0.2) is 0 Å². The third kappa shape index (κ3) is 2.31. The summed E-state index contributed by atoms with van der Waals surface area (Å²) in [6, 6.07) is 32.8. The van der Waals surface area contributed by atoms with Crippen LogP contribution in [0.1, 0.15) is 0 Å². The van der Waals surface area contributed by atoms with Crippen molar-refractivity contribution in [3.8, 4) is 0 Å². The highest BCUT2D eigenvalue weighted by Crippen LogP contribution is 2.33. The summed E-state index contributed by atoms with van der Waals surface area (Å²) in [6.45, 7) is 0. The van der Waals surface area contributed by atoms with Crippen molar-refractivity contribution in [2.75, 3.05) is 0 Å². The fraction of sp³-hybridized carbons (Fsp3) is 0. The monoisotopic (exact) mass is 362 g/mol. The van der Waals surface area contributed by atoms with Gasteiger partial charge in [-0.05, 0) is 103 Å². The molecule has 0 unspecified atom stereocenters. The van der Waals surface area contributed by atoms with Gasteiger partial charge in [-0.1, -0.05) is 48.0 Å². The lowest BCUT2D eigenvalue weighted by Gasteiger charge is -2.09. The van der Waals surface area contributed by atoms with Crippen molar-refractivity contribution >= 4 is 65.5 Å². The molecule has 0 bridgehead atoms.